The highest BCUT2D eigenvalue weighted by Gasteiger charge is 2.18. The number of benzene rings is 1. The van der Waals surface area contributed by atoms with Crippen molar-refractivity contribution in [1.29, 1.82) is 0 Å². The topological polar surface area (TPSA) is 71.9 Å². The number of aliphatic hydroxyl groups is 2. The standard InChI is InChI=1S/C22H38N4O4/c1-23-7-11-25(12-8-23)15-19(27)17-29-21-3-5-22(6-4-21)30-18-20(28)16-26-13-9-24(2)10-14-26/h3-6,19-20,27-28H,7-18H2,1-2H3/t19-,20-/m1/s1. The molecule has 2 heterocycles. The average Bonchev–Trinajstić information content (AvgIpc) is 2.75. The maximum atomic E-state index is 10.2. The van der Waals surface area contributed by atoms with Crippen molar-refractivity contribution in [2.24, 2.45) is 0 Å². The molecule has 2 aliphatic rings. The molecular weight excluding hydrogens is 384 g/mol. The van der Waals surface area contributed by atoms with Crippen molar-refractivity contribution in [2.75, 3.05) is 92.8 Å². The summed E-state index contributed by atoms with van der Waals surface area (Å²) in [6, 6.07) is 7.35. The van der Waals surface area contributed by atoms with Crippen LogP contribution in [0.1, 0.15) is 0 Å². The fraction of sp³-hybridized carbons (Fsp3) is 0.727. The van der Waals surface area contributed by atoms with E-state index in [9.17, 15) is 10.2 Å². The second kappa shape index (κ2) is 11.8. The van der Waals surface area contributed by atoms with Gasteiger partial charge < -0.3 is 29.5 Å². The highest BCUT2D eigenvalue weighted by molar-refractivity contribution is 5.31. The summed E-state index contributed by atoms with van der Waals surface area (Å²) in [6.45, 7) is 9.94. The Morgan fingerprint density at radius 1 is 0.667 bits per heavy atom. The molecule has 0 spiro atoms. The van der Waals surface area contributed by atoms with Crippen LogP contribution >= 0.6 is 0 Å². The lowest BCUT2D eigenvalue weighted by atomic mass is 10.2. The molecule has 2 fully saturated rings. The van der Waals surface area contributed by atoms with Gasteiger partial charge in [0, 0.05) is 65.4 Å². The summed E-state index contributed by atoms with van der Waals surface area (Å²) < 4.78 is 11.4. The first-order valence-corrected chi connectivity index (χ1v) is 11.0. The Balaban J connectivity index is 1.31. The molecule has 0 bridgehead atoms. The molecule has 8 nitrogen and oxygen atoms in total. The molecule has 2 atom stereocenters. The molecule has 0 aromatic heterocycles. The second-order valence-electron chi connectivity index (χ2n) is 8.61. The zero-order chi connectivity index (χ0) is 21.3. The van der Waals surface area contributed by atoms with Crippen LogP contribution in [0.3, 0.4) is 0 Å². The van der Waals surface area contributed by atoms with Crippen LogP contribution in [-0.2, 0) is 0 Å². The number of aliphatic hydroxyl groups excluding tert-OH is 2. The Kier molecular flexibility index (Phi) is 9.17. The van der Waals surface area contributed by atoms with Gasteiger partial charge >= 0.3 is 0 Å². The Morgan fingerprint density at radius 3 is 1.33 bits per heavy atom. The first-order chi connectivity index (χ1) is 14.5. The first-order valence-electron chi connectivity index (χ1n) is 11.0. The van der Waals surface area contributed by atoms with Gasteiger partial charge in [0.25, 0.3) is 0 Å². The summed E-state index contributed by atoms with van der Waals surface area (Å²) in [5.41, 5.74) is 0. The van der Waals surface area contributed by atoms with Crippen LogP contribution in [0.15, 0.2) is 24.3 Å². The van der Waals surface area contributed by atoms with Crippen molar-refractivity contribution in [3.05, 3.63) is 24.3 Å². The van der Waals surface area contributed by atoms with Crippen LogP contribution in [0.5, 0.6) is 11.5 Å². The van der Waals surface area contributed by atoms with Crippen molar-refractivity contribution in [3.63, 3.8) is 0 Å². The summed E-state index contributed by atoms with van der Waals surface area (Å²) in [6.07, 6.45) is -1.01. The van der Waals surface area contributed by atoms with Crippen LogP contribution < -0.4 is 9.47 Å². The van der Waals surface area contributed by atoms with Gasteiger partial charge in [-0.2, -0.15) is 0 Å². The number of hydrogen-bond acceptors (Lipinski definition) is 8. The molecular formula is C22H38N4O4. The van der Waals surface area contributed by atoms with E-state index >= 15 is 0 Å². The summed E-state index contributed by atoms with van der Waals surface area (Å²) in [7, 11) is 4.25. The van der Waals surface area contributed by atoms with E-state index in [0.29, 0.717) is 24.6 Å². The predicted molar refractivity (Wildman–Crippen MR) is 117 cm³/mol. The predicted octanol–water partition coefficient (Wildman–Crippen LogP) is -0.339. The first kappa shape index (κ1) is 23.2. The van der Waals surface area contributed by atoms with E-state index in [1.54, 1.807) is 0 Å². The van der Waals surface area contributed by atoms with Crippen LogP contribution in [-0.4, -0.2) is 135 Å². The molecule has 2 aliphatic heterocycles. The number of piperazine rings is 2. The SMILES string of the molecule is CN1CCN(C[C@@H](O)COc2ccc(OC[C@H](O)CN3CCN(C)CC3)cc2)CC1. The number of hydrogen-bond donors (Lipinski definition) is 2. The summed E-state index contributed by atoms with van der Waals surface area (Å²) in [5, 5.41) is 20.5. The van der Waals surface area contributed by atoms with Gasteiger partial charge in [0.15, 0.2) is 0 Å². The lowest BCUT2D eigenvalue weighted by Crippen LogP contribution is -2.47. The smallest absolute Gasteiger partial charge is 0.119 e. The highest BCUT2D eigenvalue weighted by Crippen LogP contribution is 2.18. The fourth-order valence-corrected chi connectivity index (χ4v) is 3.78. The van der Waals surface area contributed by atoms with Crippen LogP contribution in [0.25, 0.3) is 0 Å². The molecule has 0 radical (unpaired) electrons. The Labute approximate surface area is 180 Å². The molecule has 30 heavy (non-hydrogen) atoms. The van der Waals surface area contributed by atoms with E-state index < -0.39 is 12.2 Å². The number of β-amino-alcohol motifs (C(OH)–C–C–N with tert-alkyl or cyclic N) is 2. The van der Waals surface area contributed by atoms with E-state index in [0.717, 1.165) is 52.4 Å². The molecule has 2 N–H and O–H groups in total. The van der Waals surface area contributed by atoms with Gasteiger partial charge in [-0.05, 0) is 38.4 Å². The largest absolute Gasteiger partial charge is 0.491 e. The molecule has 2 saturated heterocycles. The third-order valence-corrected chi connectivity index (χ3v) is 5.84. The zero-order valence-electron chi connectivity index (χ0n) is 18.4. The molecule has 8 heteroatoms. The fourth-order valence-electron chi connectivity index (χ4n) is 3.78. The van der Waals surface area contributed by atoms with Crippen molar-refractivity contribution >= 4 is 0 Å². The average molecular weight is 423 g/mol. The minimum Gasteiger partial charge on any atom is -0.491 e. The number of ether oxygens (including phenoxy) is 2. The number of likely N-dealkylation sites (N-methyl/N-ethyl adjacent to an activating group) is 2. The van der Waals surface area contributed by atoms with Gasteiger partial charge in [0.05, 0.1) is 0 Å². The lowest BCUT2D eigenvalue weighted by molar-refractivity contribution is 0.0495. The summed E-state index contributed by atoms with van der Waals surface area (Å²) >= 11 is 0. The monoisotopic (exact) mass is 422 g/mol. The Hall–Kier alpha value is -1.42. The minimum atomic E-state index is -0.506. The molecule has 1 aromatic carbocycles. The third-order valence-electron chi connectivity index (χ3n) is 5.84. The van der Waals surface area contributed by atoms with Crippen molar-refractivity contribution in [1.82, 2.24) is 19.6 Å². The van der Waals surface area contributed by atoms with Crippen LogP contribution in [0.4, 0.5) is 0 Å². The molecule has 3 rings (SSSR count). The molecule has 0 amide bonds. The van der Waals surface area contributed by atoms with E-state index in [1.807, 2.05) is 24.3 Å². The van der Waals surface area contributed by atoms with Gasteiger partial charge in [-0.25, -0.2) is 0 Å². The minimum absolute atomic E-state index is 0.274. The normalized spacial score (nSPS) is 22.0. The van der Waals surface area contributed by atoms with Gasteiger partial charge in [-0.15, -0.1) is 0 Å². The Bertz CT molecular complexity index is 549. The van der Waals surface area contributed by atoms with E-state index in [4.69, 9.17) is 9.47 Å². The van der Waals surface area contributed by atoms with Crippen LogP contribution in [0.2, 0.25) is 0 Å². The zero-order valence-corrected chi connectivity index (χ0v) is 18.4. The molecule has 170 valence electrons. The maximum absolute atomic E-state index is 10.2. The quantitative estimate of drug-likeness (QED) is 0.531. The molecule has 1 aromatic rings. The molecule has 0 aliphatic carbocycles. The lowest BCUT2D eigenvalue weighted by Gasteiger charge is -2.33. The van der Waals surface area contributed by atoms with Crippen molar-refractivity contribution in [3.8, 4) is 11.5 Å². The highest BCUT2D eigenvalue weighted by atomic mass is 16.5. The van der Waals surface area contributed by atoms with E-state index in [2.05, 4.69) is 33.7 Å². The van der Waals surface area contributed by atoms with Gasteiger partial charge in [-0.1, -0.05) is 0 Å². The van der Waals surface area contributed by atoms with Gasteiger partial charge in [0.1, 0.15) is 36.9 Å². The third kappa shape index (κ3) is 8.02. The molecule has 0 unspecified atom stereocenters. The second-order valence-corrected chi connectivity index (χ2v) is 8.61. The van der Waals surface area contributed by atoms with Crippen LogP contribution in [0, 0.1) is 0 Å². The van der Waals surface area contributed by atoms with E-state index in [1.165, 1.54) is 0 Å². The number of rotatable bonds is 10. The van der Waals surface area contributed by atoms with Gasteiger partial charge in [-0.3, -0.25) is 9.80 Å². The number of nitrogens with zero attached hydrogens (tertiary/aromatic N) is 4. The van der Waals surface area contributed by atoms with Crippen molar-refractivity contribution in [2.45, 2.75) is 12.2 Å². The summed E-state index contributed by atoms with van der Waals surface area (Å²) in [5.74, 6) is 1.41. The summed E-state index contributed by atoms with van der Waals surface area (Å²) in [4.78, 5) is 9.15. The van der Waals surface area contributed by atoms with Crippen molar-refractivity contribution < 1.29 is 19.7 Å². The Morgan fingerprint density at radius 2 is 1.00 bits per heavy atom. The van der Waals surface area contributed by atoms with E-state index in [-0.39, 0.29) is 13.2 Å². The molecule has 0 saturated carbocycles. The van der Waals surface area contributed by atoms with Gasteiger partial charge in [0.2, 0.25) is 0 Å². The maximum Gasteiger partial charge on any atom is 0.119 e.